The Kier molecular flexibility index (Phi) is 9.33. The highest BCUT2D eigenvalue weighted by molar-refractivity contribution is 9.10. The average Bonchev–Trinajstić information content (AvgIpc) is 2.73. The molecule has 0 radical (unpaired) electrons. The second-order valence-electron chi connectivity index (χ2n) is 6.00. The van der Waals surface area contributed by atoms with Crippen LogP contribution in [0.25, 0.3) is 0 Å². The highest BCUT2D eigenvalue weighted by Crippen LogP contribution is 2.27. The van der Waals surface area contributed by atoms with Crippen LogP contribution in [0.15, 0.2) is 65.2 Å². The van der Waals surface area contributed by atoms with Gasteiger partial charge in [-0.3, -0.25) is 5.32 Å². The largest absolute Gasteiger partial charge is 0.491 e. The van der Waals surface area contributed by atoms with Gasteiger partial charge in [0, 0.05) is 23.3 Å². The molecule has 0 aliphatic rings. The number of methoxy groups -OCH3 is 1. The SMILES string of the molecule is CO[C@@H](/C=C/C(=O)O)[C@@H](OC(=O)Nc1ccc(Br)cc1)c1ccc(OCCO)cc1. The van der Waals surface area contributed by atoms with Crippen LogP contribution in [-0.4, -0.2) is 48.7 Å². The number of carbonyl (C=O) groups is 2. The highest BCUT2D eigenvalue weighted by Gasteiger charge is 2.26. The first-order chi connectivity index (χ1) is 14.4. The summed E-state index contributed by atoms with van der Waals surface area (Å²) in [6.07, 6.45) is -0.269. The summed E-state index contributed by atoms with van der Waals surface area (Å²) in [4.78, 5) is 23.4. The monoisotopic (exact) mass is 479 g/mol. The number of carboxylic acid groups (broad SMARTS) is 1. The van der Waals surface area contributed by atoms with Gasteiger partial charge in [0.15, 0.2) is 6.10 Å². The lowest BCUT2D eigenvalue weighted by Gasteiger charge is -2.24. The van der Waals surface area contributed by atoms with Crippen LogP contribution in [0.2, 0.25) is 0 Å². The molecule has 2 aromatic carbocycles. The molecular formula is C21H22BrNO7. The quantitative estimate of drug-likeness (QED) is 0.444. The molecule has 30 heavy (non-hydrogen) atoms. The van der Waals surface area contributed by atoms with Crippen LogP contribution in [-0.2, 0) is 14.3 Å². The molecule has 0 bridgehead atoms. The predicted octanol–water partition coefficient (Wildman–Crippen LogP) is 3.77. The first kappa shape index (κ1) is 23.4. The summed E-state index contributed by atoms with van der Waals surface area (Å²) < 4.78 is 17.1. The van der Waals surface area contributed by atoms with Crippen molar-refractivity contribution in [2.75, 3.05) is 25.6 Å². The molecule has 9 heteroatoms. The van der Waals surface area contributed by atoms with Gasteiger partial charge in [-0.05, 0) is 48.0 Å². The maximum absolute atomic E-state index is 12.5. The number of halogens is 1. The molecule has 0 aromatic heterocycles. The van der Waals surface area contributed by atoms with Gasteiger partial charge in [-0.25, -0.2) is 9.59 Å². The number of benzene rings is 2. The Morgan fingerprint density at radius 1 is 1.13 bits per heavy atom. The smallest absolute Gasteiger partial charge is 0.412 e. The number of carbonyl (C=O) groups excluding carboxylic acids is 1. The fourth-order valence-corrected chi connectivity index (χ4v) is 2.78. The van der Waals surface area contributed by atoms with Crippen molar-refractivity contribution < 1.29 is 34.0 Å². The highest BCUT2D eigenvalue weighted by atomic mass is 79.9. The Morgan fingerprint density at radius 2 is 1.80 bits per heavy atom. The summed E-state index contributed by atoms with van der Waals surface area (Å²) in [5, 5.41) is 20.4. The minimum absolute atomic E-state index is 0.116. The number of rotatable bonds is 10. The van der Waals surface area contributed by atoms with E-state index in [0.717, 1.165) is 10.5 Å². The van der Waals surface area contributed by atoms with E-state index in [9.17, 15) is 9.59 Å². The molecular weight excluding hydrogens is 458 g/mol. The van der Waals surface area contributed by atoms with Crippen molar-refractivity contribution in [2.24, 2.45) is 0 Å². The third kappa shape index (κ3) is 7.51. The predicted molar refractivity (Wildman–Crippen MR) is 114 cm³/mol. The summed E-state index contributed by atoms with van der Waals surface area (Å²) in [5.41, 5.74) is 1.10. The van der Waals surface area contributed by atoms with Crippen molar-refractivity contribution in [2.45, 2.75) is 12.2 Å². The number of aliphatic hydroxyl groups excluding tert-OH is 1. The van der Waals surface area contributed by atoms with Crippen LogP contribution in [0, 0.1) is 0 Å². The van der Waals surface area contributed by atoms with E-state index in [-0.39, 0.29) is 13.2 Å². The van der Waals surface area contributed by atoms with E-state index in [1.165, 1.54) is 13.2 Å². The van der Waals surface area contributed by atoms with Crippen molar-refractivity contribution in [1.82, 2.24) is 0 Å². The number of anilines is 1. The number of aliphatic hydroxyl groups is 1. The fraction of sp³-hybridized carbons (Fsp3) is 0.238. The second-order valence-corrected chi connectivity index (χ2v) is 6.91. The second kappa shape index (κ2) is 12.0. The van der Waals surface area contributed by atoms with Gasteiger partial charge in [0.2, 0.25) is 0 Å². The maximum Gasteiger partial charge on any atom is 0.412 e. The Labute approximate surface area is 182 Å². The molecule has 2 atom stereocenters. The third-order valence-corrected chi connectivity index (χ3v) is 4.42. The molecule has 0 fully saturated rings. The Morgan fingerprint density at radius 3 is 2.37 bits per heavy atom. The lowest BCUT2D eigenvalue weighted by Crippen LogP contribution is -2.27. The molecule has 0 aliphatic carbocycles. The van der Waals surface area contributed by atoms with E-state index in [1.54, 1.807) is 48.5 Å². The van der Waals surface area contributed by atoms with E-state index in [0.29, 0.717) is 17.0 Å². The zero-order chi connectivity index (χ0) is 21.9. The van der Waals surface area contributed by atoms with Crippen molar-refractivity contribution in [3.8, 4) is 5.75 Å². The number of aliphatic carboxylic acids is 1. The molecule has 0 aliphatic heterocycles. The minimum Gasteiger partial charge on any atom is -0.491 e. The van der Waals surface area contributed by atoms with Crippen LogP contribution in [0.1, 0.15) is 11.7 Å². The summed E-state index contributed by atoms with van der Waals surface area (Å²) in [6, 6.07) is 13.6. The topological polar surface area (TPSA) is 114 Å². The number of nitrogens with one attached hydrogen (secondary N) is 1. The van der Waals surface area contributed by atoms with E-state index < -0.39 is 24.3 Å². The van der Waals surface area contributed by atoms with Gasteiger partial charge >= 0.3 is 12.1 Å². The number of ether oxygens (including phenoxy) is 3. The molecule has 2 aromatic rings. The van der Waals surface area contributed by atoms with Crippen LogP contribution in [0.4, 0.5) is 10.5 Å². The maximum atomic E-state index is 12.5. The van der Waals surface area contributed by atoms with Crippen LogP contribution in [0.3, 0.4) is 0 Å². The molecule has 0 spiro atoms. The standard InChI is InChI=1S/C21H22BrNO7/c1-28-18(10-11-19(25)26)20(14-2-8-17(9-3-14)29-13-12-24)30-21(27)23-16-6-4-15(22)5-7-16/h2-11,18,20,24H,12-13H2,1H3,(H,23,27)(H,25,26)/b11-10+/t18-,20-/m0/s1. The molecule has 0 unspecified atom stereocenters. The van der Waals surface area contributed by atoms with Crippen molar-refractivity contribution in [3.63, 3.8) is 0 Å². The molecule has 0 saturated heterocycles. The zero-order valence-electron chi connectivity index (χ0n) is 16.2. The summed E-state index contributed by atoms with van der Waals surface area (Å²) in [6.45, 7) is 0.0341. The van der Waals surface area contributed by atoms with Gasteiger partial charge in [0.25, 0.3) is 0 Å². The lowest BCUT2D eigenvalue weighted by atomic mass is 10.0. The Hall–Kier alpha value is -2.88. The average molecular weight is 480 g/mol. The van der Waals surface area contributed by atoms with Crippen LogP contribution >= 0.6 is 15.9 Å². The molecule has 1 amide bonds. The van der Waals surface area contributed by atoms with Gasteiger partial charge in [-0.1, -0.05) is 28.1 Å². The molecule has 0 heterocycles. The third-order valence-electron chi connectivity index (χ3n) is 3.89. The molecule has 160 valence electrons. The van der Waals surface area contributed by atoms with Crippen LogP contribution in [0.5, 0.6) is 5.75 Å². The van der Waals surface area contributed by atoms with E-state index in [1.807, 2.05) is 0 Å². The summed E-state index contributed by atoms with van der Waals surface area (Å²) in [7, 11) is 1.39. The van der Waals surface area contributed by atoms with Crippen LogP contribution < -0.4 is 10.1 Å². The first-order valence-corrected chi connectivity index (χ1v) is 9.73. The van der Waals surface area contributed by atoms with Gasteiger partial charge in [0.05, 0.1) is 6.61 Å². The van der Waals surface area contributed by atoms with E-state index in [4.69, 9.17) is 24.4 Å². The zero-order valence-corrected chi connectivity index (χ0v) is 17.7. The fourth-order valence-electron chi connectivity index (χ4n) is 2.52. The lowest BCUT2D eigenvalue weighted by molar-refractivity contribution is -0.131. The normalized spacial score (nSPS) is 12.9. The number of amides is 1. The van der Waals surface area contributed by atoms with E-state index in [2.05, 4.69) is 21.2 Å². The van der Waals surface area contributed by atoms with Crippen molar-refractivity contribution >= 4 is 33.7 Å². The summed E-state index contributed by atoms with van der Waals surface area (Å²) in [5.74, 6) is -0.622. The summed E-state index contributed by atoms with van der Waals surface area (Å²) >= 11 is 3.32. The van der Waals surface area contributed by atoms with Gasteiger partial charge in [-0.15, -0.1) is 0 Å². The minimum atomic E-state index is -1.15. The Bertz CT molecular complexity index is 853. The number of hydrogen-bond acceptors (Lipinski definition) is 6. The molecule has 0 saturated carbocycles. The number of carboxylic acids is 1. The van der Waals surface area contributed by atoms with Gasteiger partial charge in [-0.2, -0.15) is 0 Å². The first-order valence-electron chi connectivity index (χ1n) is 8.93. The Balaban J connectivity index is 2.22. The van der Waals surface area contributed by atoms with Crippen molar-refractivity contribution in [3.05, 3.63) is 70.7 Å². The van der Waals surface area contributed by atoms with E-state index >= 15 is 0 Å². The molecule has 2 rings (SSSR count). The van der Waals surface area contributed by atoms with Gasteiger partial charge < -0.3 is 24.4 Å². The number of hydrogen-bond donors (Lipinski definition) is 3. The van der Waals surface area contributed by atoms with Gasteiger partial charge in [0.1, 0.15) is 18.5 Å². The molecule has 3 N–H and O–H groups in total. The van der Waals surface area contributed by atoms with Crippen molar-refractivity contribution in [1.29, 1.82) is 0 Å². The molecule has 8 nitrogen and oxygen atoms in total.